The largest absolute Gasteiger partial charge is 0.348 e. The molecule has 24 heavy (non-hydrogen) atoms. The van der Waals surface area contributed by atoms with Gasteiger partial charge in [0.05, 0.1) is 18.0 Å². The van der Waals surface area contributed by atoms with Crippen molar-refractivity contribution < 1.29 is 4.79 Å². The van der Waals surface area contributed by atoms with Crippen molar-refractivity contribution in [3.8, 4) is 6.07 Å². The fourth-order valence-corrected chi connectivity index (χ4v) is 2.41. The summed E-state index contributed by atoms with van der Waals surface area (Å²) in [6.45, 7) is 1.20. The maximum absolute atomic E-state index is 12.2. The van der Waals surface area contributed by atoms with E-state index in [0.29, 0.717) is 17.7 Å². The highest BCUT2D eigenvalue weighted by Gasteiger charge is 2.05. The average molecular weight is 316 g/mol. The van der Waals surface area contributed by atoms with E-state index >= 15 is 0 Å². The van der Waals surface area contributed by atoms with Crippen LogP contribution in [-0.4, -0.2) is 15.5 Å². The van der Waals surface area contributed by atoms with Gasteiger partial charge < -0.3 is 9.88 Å². The Labute approximate surface area is 140 Å². The van der Waals surface area contributed by atoms with Gasteiger partial charge in [-0.15, -0.1) is 0 Å². The van der Waals surface area contributed by atoms with Gasteiger partial charge in [0.25, 0.3) is 5.91 Å². The molecule has 0 aliphatic rings. The molecule has 2 aromatic carbocycles. The molecular formula is C19H16N4O. The van der Waals surface area contributed by atoms with Crippen LogP contribution in [0.25, 0.3) is 0 Å². The number of amides is 1. The van der Waals surface area contributed by atoms with Crippen molar-refractivity contribution in [3.05, 3.63) is 89.5 Å². The third-order valence-electron chi connectivity index (χ3n) is 3.64. The van der Waals surface area contributed by atoms with Gasteiger partial charge in [0.15, 0.2) is 0 Å². The number of nitriles is 1. The number of carbonyl (C=O) groups is 1. The van der Waals surface area contributed by atoms with Crippen LogP contribution >= 0.6 is 0 Å². The third-order valence-corrected chi connectivity index (χ3v) is 3.64. The van der Waals surface area contributed by atoms with E-state index in [1.165, 1.54) is 0 Å². The fourth-order valence-electron chi connectivity index (χ4n) is 2.41. The number of nitrogens with one attached hydrogen (secondary N) is 1. The molecule has 0 spiro atoms. The quantitative estimate of drug-likeness (QED) is 0.787. The van der Waals surface area contributed by atoms with Crippen molar-refractivity contribution in [1.82, 2.24) is 14.9 Å². The summed E-state index contributed by atoms with van der Waals surface area (Å²) < 4.78 is 1.99. The van der Waals surface area contributed by atoms with E-state index in [2.05, 4.69) is 16.4 Å². The van der Waals surface area contributed by atoms with E-state index < -0.39 is 0 Å². The number of aromatic nitrogens is 2. The van der Waals surface area contributed by atoms with E-state index in [4.69, 9.17) is 5.26 Å². The van der Waals surface area contributed by atoms with Crippen molar-refractivity contribution >= 4 is 5.91 Å². The van der Waals surface area contributed by atoms with E-state index in [1.54, 1.807) is 36.8 Å². The molecule has 0 radical (unpaired) electrons. The Morgan fingerprint density at radius 2 is 1.96 bits per heavy atom. The number of hydrogen-bond acceptors (Lipinski definition) is 3. The summed E-state index contributed by atoms with van der Waals surface area (Å²) >= 11 is 0. The maximum atomic E-state index is 12.2. The molecule has 118 valence electrons. The van der Waals surface area contributed by atoms with Gasteiger partial charge in [-0.05, 0) is 35.4 Å². The Hall–Kier alpha value is -3.39. The minimum Gasteiger partial charge on any atom is -0.348 e. The van der Waals surface area contributed by atoms with Crippen LogP contribution in [-0.2, 0) is 13.1 Å². The third kappa shape index (κ3) is 3.87. The Bertz CT molecular complexity index is 861. The predicted octanol–water partition coefficient (Wildman–Crippen LogP) is 2.73. The summed E-state index contributed by atoms with van der Waals surface area (Å²) in [6, 6.07) is 16.7. The molecule has 0 atom stereocenters. The lowest BCUT2D eigenvalue weighted by Gasteiger charge is -2.08. The molecular weight excluding hydrogens is 300 g/mol. The van der Waals surface area contributed by atoms with Crippen LogP contribution in [0.3, 0.4) is 0 Å². The highest BCUT2D eigenvalue weighted by Crippen LogP contribution is 2.08. The first-order valence-corrected chi connectivity index (χ1v) is 7.56. The smallest absolute Gasteiger partial charge is 0.251 e. The van der Waals surface area contributed by atoms with Crippen LogP contribution < -0.4 is 5.32 Å². The number of carbonyl (C=O) groups excluding carboxylic acids is 1. The Morgan fingerprint density at radius 3 is 2.67 bits per heavy atom. The van der Waals surface area contributed by atoms with E-state index in [0.717, 1.165) is 17.7 Å². The van der Waals surface area contributed by atoms with Gasteiger partial charge in [-0.3, -0.25) is 4.79 Å². The molecule has 1 heterocycles. The van der Waals surface area contributed by atoms with Crippen molar-refractivity contribution in [1.29, 1.82) is 5.26 Å². The van der Waals surface area contributed by atoms with E-state index in [9.17, 15) is 4.79 Å². The SMILES string of the molecule is N#Cc1ccc(C(=O)NCc2cccc(Cn3ccnc3)c2)cc1. The number of hydrogen-bond donors (Lipinski definition) is 1. The number of benzene rings is 2. The molecule has 1 N–H and O–H groups in total. The van der Waals surface area contributed by atoms with E-state index in [-0.39, 0.29) is 5.91 Å². The second kappa shape index (κ2) is 7.25. The summed E-state index contributed by atoms with van der Waals surface area (Å²) in [6.07, 6.45) is 5.44. The highest BCUT2D eigenvalue weighted by molar-refractivity contribution is 5.94. The molecule has 3 aromatic rings. The highest BCUT2D eigenvalue weighted by atomic mass is 16.1. The van der Waals surface area contributed by atoms with Gasteiger partial charge >= 0.3 is 0 Å². The van der Waals surface area contributed by atoms with Crippen molar-refractivity contribution in [2.75, 3.05) is 0 Å². The molecule has 3 rings (SSSR count). The molecule has 0 bridgehead atoms. The lowest BCUT2D eigenvalue weighted by Crippen LogP contribution is -2.22. The van der Waals surface area contributed by atoms with Crippen LogP contribution in [0.1, 0.15) is 27.0 Å². The first-order chi connectivity index (χ1) is 11.7. The molecule has 1 aromatic heterocycles. The van der Waals surface area contributed by atoms with Crippen LogP contribution in [0.5, 0.6) is 0 Å². The predicted molar refractivity (Wildman–Crippen MR) is 90.1 cm³/mol. The van der Waals surface area contributed by atoms with Gasteiger partial charge in [0.2, 0.25) is 0 Å². The molecule has 1 amide bonds. The van der Waals surface area contributed by atoms with Crippen LogP contribution in [0.4, 0.5) is 0 Å². The lowest BCUT2D eigenvalue weighted by atomic mass is 10.1. The maximum Gasteiger partial charge on any atom is 0.251 e. The Balaban J connectivity index is 1.61. The number of rotatable bonds is 5. The molecule has 0 aliphatic carbocycles. The normalized spacial score (nSPS) is 10.1. The second-order valence-electron chi connectivity index (χ2n) is 5.43. The van der Waals surface area contributed by atoms with Gasteiger partial charge in [0, 0.05) is 31.0 Å². The standard InChI is InChI=1S/C19H16N4O/c20-11-15-4-6-18(7-5-15)19(24)22-12-16-2-1-3-17(10-16)13-23-9-8-21-14-23/h1-10,14H,12-13H2,(H,22,24). The summed E-state index contributed by atoms with van der Waals surface area (Å²) in [5.41, 5.74) is 3.27. The monoisotopic (exact) mass is 316 g/mol. The average Bonchev–Trinajstić information content (AvgIpc) is 3.13. The number of imidazole rings is 1. The van der Waals surface area contributed by atoms with Gasteiger partial charge in [-0.1, -0.05) is 24.3 Å². The van der Waals surface area contributed by atoms with Crippen LogP contribution in [0.15, 0.2) is 67.3 Å². The second-order valence-corrected chi connectivity index (χ2v) is 5.43. The first kappa shape index (κ1) is 15.5. The van der Waals surface area contributed by atoms with Crippen LogP contribution in [0.2, 0.25) is 0 Å². The Morgan fingerprint density at radius 1 is 1.17 bits per heavy atom. The van der Waals surface area contributed by atoms with Crippen molar-refractivity contribution in [3.63, 3.8) is 0 Å². The van der Waals surface area contributed by atoms with Crippen molar-refractivity contribution in [2.24, 2.45) is 0 Å². The molecule has 5 nitrogen and oxygen atoms in total. The van der Waals surface area contributed by atoms with Gasteiger partial charge in [0.1, 0.15) is 0 Å². The molecule has 0 aliphatic heterocycles. The van der Waals surface area contributed by atoms with Gasteiger partial charge in [-0.25, -0.2) is 4.98 Å². The first-order valence-electron chi connectivity index (χ1n) is 7.56. The molecule has 0 saturated carbocycles. The molecule has 5 heteroatoms. The van der Waals surface area contributed by atoms with Crippen molar-refractivity contribution in [2.45, 2.75) is 13.1 Å². The molecule has 0 unspecified atom stereocenters. The number of nitrogens with zero attached hydrogens (tertiary/aromatic N) is 3. The van der Waals surface area contributed by atoms with E-state index in [1.807, 2.05) is 35.0 Å². The minimum absolute atomic E-state index is 0.153. The molecule has 0 fully saturated rings. The minimum atomic E-state index is -0.153. The zero-order valence-corrected chi connectivity index (χ0v) is 13.0. The summed E-state index contributed by atoms with van der Waals surface area (Å²) in [5, 5.41) is 11.7. The zero-order chi connectivity index (χ0) is 16.8. The fraction of sp³-hybridized carbons (Fsp3) is 0.105. The Kier molecular flexibility index (Phi) is 4.68. The zero-order valence-electron chi connectivity index (χ0n) is 13.0. The summed E-state index contributed by atoms with van der Waals surface area (Å²) in [4.78, 5) is 16.2. The molecule has 0 saturated heterocycles. The van der Waals surface area contributed by atoms with Crippen LogP contribution in [0, 0.1) is 11.3 Å². The summed E-state index contributed by atoms with van der Waals surface area (Å²) in [7, 11) is 0. The van der Waals surface area contributed by atoms with Gasteiger partial charge in [-0.2, -0.15) is 5.26 Å². The lowest BCUT2D eigenvalue weighted by molar-refractivity contribution is 0.0951. The topological polar surface area (TPSA) is 70.7 Å². The summed E-state index contributed by atoms with van der Waals surface area (Å²) in [5.74, 6) is -0.153.